The molecule has 2 fully saturated rings. The van der Waals surface area contributed by atoms with Gasteiger partial charge in [0.15, 0.2) is 5.79 Å². The molecule has 2 saturated heterocycles. The lowest BCUT2D eigenvalue weighted by Crippen LogP contribution is -2.48. The highest BCUT2D eigenvalue weighted by Gasteiger charge is 2.40. The van der Waals surface area contributed by atoms with Gasteiger partial charge in [0.1, 0.15) is 0 Å². The van der Waals surface area contributed by atoms with Crippen molar-refractivity contribution in [3.05, 3.63) is 29.8 Å². The SMILES string of the molecule is Nc1ccc(CN2CCCC3(C2)OCCO3)cc1. The summed E-state index contributed by atoms with van der Waals surface area (Å²) in [5, 5.41) is 0. The van der Waals surface area contributed by atoms with E-state index in [2.05, 4.69) is 17.0 Å². The molecule has 4 nitrogen and oxygen atoms in total. The van der Waals surface area contributed by atoms with Crippen LogP contribution in [0.2, 0.25) is 0 Å². The number of nitrogens with zero attached hydrogens (tertiary/aromatic N) is 1. The maximum atomic E-state index is 5.78. The molecule has 2 aliphatic rings. The second-order valence-electron chi connectivity index (χ2n) is 5.16. The van der Waals surface area contributed by atoms with Gasteiger partial charge in [-0.05, 0) is 30.7 Å². The first kappa shape index (κ1) is 12.0. The standard InChI is InChI=1S/C14H20N2O2/c15-13-4-2-12(3-5-13)10-16-7-1-6-14(11-16)17-8-9-18-14/h2-5H,1,6-11,15H2. The molecular weight excluding hydrogens is 228 g/mol. The molecule has 2 heterocycles. The van der Waals surface area contributed by atoms with Gasteiger partial charge in [-0.3, -0.25) is 4.90 Å². The van der Waals surface area contributed by atoms with E-state index in [1.807, 2.05) is 12.1 Å². The molecule has 1 aromatic carbocycles. The van der Waals surface area contributed by atoms with Gasteiger partial charge in [-0.2, -0.15) is 0 Å². The third kappa shape index (κ3) is 2.51. The van der Waals surface area contributed by atoms with E-state index in [0.717, 1.165) is 51.4 Å². The van der Waals surface area contributed by atoms with Crippen LogP contribution >= 0.6 is 0 Å². The van der Waals surface area contributed by atoms with Crippen LogP contribution in [-0.4, -0.2) is 37.0 Å². The summed E-state index contributed by atoms with van der Waals surface area (Å²) in [6.45, 7) is 4.39. The molecule has 0 bridgehead atoms. The van der Waals surface area contributed by atoms with Crippen LogP contribution < -0.4 is 5.73 Å². The predicted molar refractivity (Wildman–Crippen MR) is 70.0 cm³/mol. The van der Waals surface area contributed by atoms with Crippen LogP contribution in [0.5, 0.6) is 0 Å². The Morgan fingerprint density at radius 1 is 1.17 bits per heavy atom. The van der Waals surface area contributed by atoms with Crippen LogP contribution in [0.15, 0.2) is 24.3 Å². The zero-order valence-corrected chi connectivity index (χ0v) is 10.6. The topological polar surface area (TPSA) is 47.7 Å². The quantitative estimate of drug-likeness (QED) is 0.808. The van der Waals surface area contributed by atoms with Gasteiger partial charge >= 0.3 is 0 Å². The normalized spacial score (nSPS) is 23.6. The van der Waals surface area contributed by atoms with E-state index < -0.39 is 0 Å². The smallest absolute Gasteiger partial charge is 0.181 e. The molecule has 0 aromatic heterocycles. The van der Waals surface area contributed by atoms with Crippen LogP contribution in [0, 0.1) is 0 Å². The lowest BCUT2D eigenvalue weighted by Gasteiger charge is -2.38. The minimum Gasteiger partial charge on any atom is -0.399 e. The fraction of sp³-hybridized carbons (Fsp3) is 0.571. The molecule has 0 aliphatic carbocycles. The fourth-order valence-corrected chi connectivity index (χ4v) is 2.82. The molecule has 0 saturated carbocycles. The van der Waals surface area contributed by atoms with Crippen LogP contribution in [-0.2, 0) is 16.0 Å². The Balaban J connectivity index is 1.64. The summed E-state index contributed by atoms with van der Waals surface area (Å²) in [6.07, 6.45) is 2.15. The zero-order chi connectivity index (χ0) is 12.4. The van der Waals surface area contributed by atoms with Crippen LogP contribution in [0.3, 0.4) is 0 Å². The van der Waals surface area contributed by atoms with Gasteiger partial charge in [0.2, 0.25) is 0 Å². The number of benzene rings is 1. The largest absolute Gasteiger partial charge is 0.399 e. The minimum absolute atomic E-state index is 0.327. The van der Waals surface area contributed by atoms with E-state index in [4.69, 9.17) is 15.2 Å². The second-order valence-corrected chi connectivity index (χ2v) is 5.16. The number of likely N-dealkylation sites (tertiary alicyclic amines) is 1. The van der Waals surface area contributed by atoms with Crippen molar-refractivity contribution in [2.45, 2.75) is 25.2 Å². The van der Waals surface area contributed by atoms with Gasteiger partial charge in [-0.25, -0.2) is 0 Å². The average Bonchev–Trinajstić information content (AvgIpc) is 2.80. The number of ether oxygens (including phenoxy) is 2. The molecule has 0 unspecified atom stereocenters. The maximum absolute atomic E-state index is 5.78. The van der Waals surface area contributed by atoms with Crippen molar-refractivity contribution < 1.29 is 9.47 Å². The number of nitrogen functional groups attached to an aromatic ring is 1. The van der Waals surface area contributed by atoms with Crippen molar-refractivity contribution in [1.29, 1.82) is 0 Å². The number of hydrogen-bond acceptors (Lipinski definition) is 4. The van der Waals surface area contributed by atoms with Gasteiger partial charge < -0.3 is 15.2 Å². The third-order valence-corrected chi connectivity index (χ3v) is 3.70. The summed E-state index contributed by atoms with van der Waals surface area (Å²) >= 11 is 0. The Morgan fingerprint density at radius 2 is 1.89 bits per heavy atom. The van der Waals surface area contributed by atoms with E-state index in [1.54, 1.807) is 0 Å². The number of piperidine rings is 1. The van der Waals surface area contributed by atoms with E-state index >= 15 is 0 Å². The average molecular weight is 248 g/mol. The Morgan fingerprint density at radius 3 is 2.61 bits per heavy atom. The number of rotatable bonds is 2. The first-order valence-electron chi connectivity index (χ1n) is 6.60. The van der Waals surface area contributed by atoms with Gasteiger partial charge in [-0.1, -0.05) is 12.1 Å². The Kier molecular flexibility index (Phi) is 3.24. The lowest BCUT2D eigenvalue weighted by atomic mass is 10.0. The summed E-state index contributed by atoms with van der Waals surface area (Å²) in [4.78, 5) is 2.40. The molecule has 1 spiro atoms. The van der Waals surface area contributed by atoms with Crippen molar-refractivity contribution in [2.24, 2.45) is 0 Å². The molecule has 0 atom stereocenters. The molecule has 0 radical (unpaired) electrons. The van der Waals surface area contributed by atoms with Crippen molar-refractivity contribution in [3.8, 4) is 0 Å². The highest BCUT2D eigenvalue weighted by Crippen LogP contribution is 2.30. The fourth-order valence-electron chi connectivity index (χ4n) is 2.82. The third-order valence-electron chi connectivity index (χ3n) is 3.70. The van der Waals surface area contributed by atoms with E-state index in [0.29, 0.717) is 0 Å². The van der Waals surface area contributed by atoms with Gasteiger partial charge in [-0.15, -0.1) is 0 Å². The van der Waals surface area contributed by atoms with Gasteiger partial charge in [0.05, 0.1) is 19.8 Å². The molecule has 0 amide bonds. The molecule has 18 heavy (non-hydrogen) atoms. The molecule has 2 aliphatic heterocycles. The molecule has 4 heteroatoms. The van der Waals surface area contributed by atoms with Gasteiger partial charge in [0.25, 0.3) is 0 Å². The molecular formula is C14H20N2O2. The number of anilines is 1. The Bertz CT molecular complexity index is 399. The molecule has 2 N–H and O–H groups in total. The van der Waals surface area contributed by atoms with E-state index in [1.165, 1.54) is 5.56 Å². The summed E-state index contributed by atoms with van der Waals surface area (Å²) in [5.41, 5.74) is 7.81. The Labute approximate surface area is 108 Å². The molecule has 1 aromatic rings. The summed E-state index contributed by atoms with van der Waals surface area (Å²) < 4.78 is 11.6. The van der Waals surface area contributed by atoms with Crippen molar-refractivity contribution in [3.63, 3.8) is 0 Å². The van der Waals surface area contributed by atoms with Crippen molar-refractivity contribution >= 4 is 5.69 Å². The van der Waals surface area contributed by atoms with Crippen LogP contribution in [0.4, 0.5) is 5.69 Å². The summed E-state index contributed by atoms with van der Waals surface area (Å²) in [7, 11) is 0. The number of hydrogen-bond donors (Lipinski definition) is 1. The number of nitrogens with two attached hydrogens (primary N) is 1. The lowest BCUT2D eigenvalue weighted by molar-refractivity contribution is -0.190. The highest BCUT2D eigenvalue weighted by molar-refractivity contribution is 5.39. The monoisotopic (exact) mass is 248 g/mol. The van der Waals surface area contributed by atoms with Crippen LogP contribution in [0.1, 0.15) is 18.4 Å². The molecule has 98 valence electrons. The van der Waals surface area contributed by atoms with Crippen LogP contribution in [0.25, 0.3) is 0 Å². The summed E-state index contributed by atoms with van der Waals surface area (Å²) in [6, 6.07) is 8.09. The van der Waals surface area contributed by atoms with Crippen molar-refractivity contribution in [1.82, 2.24) is 4.90 Å². The molecule has 3 rings (SSSR count). The van der Waals surface area contributed by atoms with Crippen molar-refractivity contribution in [2.75, 3.05) is 32.0 Å². The van der Waals surface area contributed by atoms with Gasteiger partial charge in [0, 0.05) is 18.7 Å². The second kappa shape index (κ2) is 4.88. The highest BCUT2D eigenvalue weighted by atomic mass is 16.7. The summed E-state index contributed by atoms with van der Waals surface area (Å²) in [5.74, 6) is -0.327. The maximum Gasteiger partial charge on any atom is 0.181 e. The zero-order valence-electron chi connectivity index (χ0n) is 10.6. The Hall–Kier alpha value is -1.10. The predicted octanol–water partition coefficient (Wildman–Crippen LogP) is 1.61. The minimum atomic E-state index is -0.327. The first-order valence-corrected chi connectivity index (χ1v) is 6.60. The van der Waals surface area contributed by atoms with E-state index in [9.17, 15) is 0 Å². The first-order chi connectivity index (χ1) is 8.76. The van der Waals surface area contributed by atoms with E-state index in [-0.39, 0.29) is 5.79 Å².